The highest BCUT2D eigenvalue weighted by atomic mass is 19.4. The van der Waals surface area contributed by atoms with Gasteiger partial charge in [0.15, 0.2) is 0 Å². The van der Waals surface area contributed by atoms with Crippen molar-refractivity contribution in [2.45, 2.75) is 50.2 Å². The van der Waals surface area contributed by atoms with Crippen LogP contribution in [0.2, 0.25) is 0 Å². The molecule has 2 fully saturated rings. The number of alkyl halides is 3. The molecule has 1 unspecified atom stereocenters. The highest BCUT2D eigenvalue weighted by Gasteiger charge is 2.53. The van der Waals surface area contributed by atoms with Crippen LogP contribution in [0.1, 0.15) is 47.9 Å². The summed E-state index contributed by atoms with van der Waals surface area (Å²) in [5.74, 6) is -2.14. The topological polar surface area (TPSA) is 47.6 Å². The third-order valence-electron chi connectivity index (χ3n) is 6.12. The van der Waals surface area contributed by atoms with Crippen molar-refractivity contribution in [1.29, 1.82) is 0 Å². The van der Waals surface area contributed by atoms with Gasteiger partial charge in [0.1, 0.15) is 5.82 Å². The van der Waals surface area contributed by atoms with E-state index >= 15 is 0 Å². The van der Waals surface area contributed by atoms with E-state index in [1.165, 1.54) is 0 Å². The number of nitrogens with one attached hydrogen (secondary N) is 1. The van der Waals surface area contributed by atoms with Gasteiger partial charge in [-0.3, -0.25) is 4.79 Å². The lowest BCUT2D eigenvalue weighted by molar-refractivity contribution is -0.281. The van der Waals surface area contributed by atoms with E-state index in [0.717, 1.165) is 37.5 Å². The van der Waals surface area contributed by atoms with Crippen molar-refractivity contribution in [3.63, 3.8) is 0 Å². The van der Waals surface area contributed by atoms with Gasteiger partial charge in [-0.15, -0.1) is 0 Å². The second-order valence-corrected chi connectivity index (χ2v) is 8.48. The Hall–Kier alpha value is -2.45. The standard InChI is InChI=1S/C23H21F4NO3/c24-16-4-5-18(23(25,26)27)15(12-16)9-14-3-6-20-19(11-14)22(21(29)28-20)30-8-7-17(31-22)10-13-1-2-13/h3-6,11-13,17H,1-2,7-10H2,(H,28,29)/t17?,22-/m1/s1. The fourth-order valence-corrected chi connectivity index (χ4v) is 4.43. The maximum Gasteiger partial charge on any atom is 0.416 e. The lowest BCUT2D eigenvalue weighted by atomic mass is 9.95. The smallest absolute Gasteiger partial charge is 0.338 e. The van der Waals surface area contributed by atoms with Crippen LogP contribution in [-0.4, -0.2) is 18.6 Å². The molecule has 1 N–H and O–H groups in total. The lowest BCUT2D eigenvalue weighted by Crippen LogP contribution is -2.47. The Labute approximate surface area is 176 Å². The summed E-state index contributed by atoms with van der Waals surface area (Å²) in [5, 5.41) is 2.75. The SMILES string of the molecule is O=C1Nc2ccc(Cc3cc(F)ccc3C(F)(F)F)cc2[C@]12OCCC(CC1CC1)O2. The number of fused-ring (bicyclic) bond motifs is 2. The minimum absolute atomic E-state index is 0.110. The molecular weight excluding hydrogens is 414 g/mol. The van der Waals surface area contributed by atoms with E-state index in [-0.39, 0.29) is 18.1 Å². The monoisotopic (exact) mass is 435 g/mol. The lowest BCUT2D eigenvalue weighted by Gasteiger charge is -2.37. The Morgan fingerprint density at radius 1 is 1.10 bits per heavy atom. The first kappa shape index (κ1) is 20.5. The summed E-state index contributed by atoms with van der Waals surface area (Å²) in [5.41, 5.74) is 0.419. The number of halogens is 4. The van der Waals surface area contributed by atoms with Crippen LogP contribution in [0.3, 0.4) is 0 Å². The summed E-state index contributed by atoms with van der Waals surface area (Å²) < 4.78 is 65.8. The number of amides is 1. The van der Waals surface area contributed by atoms with Crippen molar-refractivity contribution >= 4 is 11.6 Å². The van der Waals surface area contributed by atoms with Gasteiger partial charge in [-0.1, -0.05) is 18.9 Å². The van der Waals surface area contributed by atoms with Crippen LogP contribution in [0, 0.1) is 11.7 Å². The molecule has 0 bridgehead atoms. The summed E-state index contributed by atoms with van der Waals surface area (Å²) in [4.78, 5) is 12.8. The van der Waals surface area contributed by atoms with Gasteiger partial charge in [-0.2, -0.15) is 13.2 Å². The Bertz CT molecular complexity index is 1030. The van der Waals surface area contributed by atoms with Gasteiger partial charge in [0.05, 0.1) is 24.0 Å². The molecule has 1 amide bonds. The first-order chi connectivity index (χ1) is 14.7. The largest absolute Gasteiger partial charge is 0.416 e. The average Bonchev–Trinajstić information content (AvgIpc) is 3.48. The number of ether oxygens (including phenoxy) is 2. The number of carbonyl (C=O) groups excluding carboxylic acids is 1. The Morgan fingerprint density at radius 3 is 2.65 bits per heavy atom. The molecule has 31 heavy (non-hydrogen) atoms. The normalized spacial score (nSPS) is 25.5. The van der Waals surface area contributed by atoms with Crippen LogP contribution in [-0.2, 0) is 32.7 Å². The quantitative estimate of drug-likeness (QED) is 0.676. The van der Waals surface area contributed by atoms with Crippen molar-refractivity contribution in [3.8, 4) is 0 Å². The van der Waals surface area contributed by atoms with Gasteiger partial charge in [0.2, 0.25) is 0 Å². The molecule has 1 aliphatic carbocycles. The molecular formula is C23H21F4NO3. The van der Waals surface area contributed by atoms with E-state index in [9.17, 15) is 22.4 Å². The van der Waals surface area contributed by atoms with Crippen LogP contribution < -0.4 is 5.32 Å². The number of hydrogen-bond donors (Lipinski definition) is 1. The molecule has 8 heteroatoms. The van der Waals surface area contributed by atoms with Crippen LogP contribution in [0.4, 0.5) is 23.2 Å². The van der Waals surface area contributed by atoms with Gasteiger partial charge in [0, 0.05) is 5.56 Å². The second kappa shape index (κ2) is 7.31. The average molecular weight is 435 g/mol. The molecule has 0 radical (unpaired) electrons. The van der Waals surface area contributed by atoms with Crippen LogP contribution >= 0.6 is 0 Å². The Morgan fingerprint density at radius 2 is 1.90 bits per heavy atom. The Balaban J connectivity index is 1.47. The molecule has 2 aromatic carbocycles. The first-order valence-electron chi connectivity index (χ1n) is 10.4. The number of hydrogen-bond acceptors (Lipinski definition) is 3. The fourth-order valence-electron chi connectivity index (χ4n) is 4.43. The number of carbonyl (C=O) groups is 1. The van der Waals surface area contributed by atoms with E-state index in [1.807, 2.05) is 0 Å². The van der Waals surface area contributed by atoms with E-state index in [0.29, 0.717) is 35.8 Å². The van der Waals surface area contributed by atoms with Crippen LogP contribution in [0.5, 0.6) is 0 Å². The summed E-state index contributed by atoms with van der Waals surface area (Å²) in [6, 6.07) is 7.32. The minimum Gasteiger partial charge on any atom is -0.338 e. The number of anilines is 1. The highest BCUT2D eigenvalue weighted by molar-refractivity contribution is 6.04. The predicted octanol–water partition coefficient (Wildman–Crippen LogP) is 5.15. The zero-order chi connectivity index (χ0) is 21.8. The molecule has 4 nitrogen and oxygen atoms in total. The molecule has 1 saturated heterocycles. The third kappa shape index (κ3) is 3.83. The van der Waals surface area contributed by atoms with Gasteiger partial charge in [-0.05, 0) is 66.6 Å². The summed E-state index contributed by atoms with van der Waals surface area (Å²) in [6.45, 7) is 0.358. The van der Waals surface area contributed by atoms with Crippen molar-refractivity contribution < 1.29 is 31.8 Å². The molecule has 1 saturated carbocycles. The van der Waals surface area contributed by atoms with Crippen molar-refractivity contribution in [3.05, 3.63) is 64.5 Å². The molecule has 2 atom stereocenters. The summed E-state index contributed by atoms with van der Waals surface area (Å²) in [6.07, 6.45) is -0.961. The molecule has 3 aliphatic rings. The van der Waals surface area contributed by atoms with E-state index < -0.39 is 29.3 Å². The summed E-state index contributed by atoms with van der Waals surface area (Å²) >= 11 is 0. The maximum atomic E-state index is 13.7. The van der Waals surface area contributed by atoms with Gasteiger partial charge < -0.3 is 14.8 Å². The van der Waals surface area contributed by atoms with E-state index in [2.05, 4.69) is 5.32 Å². The van der Waals surface area contributed by atoms with Gasteiger partial charge in [-0.25, -0.2) is 4.39 Å². The van der Waals surface area contributed by atoms with E-state index in [4.69, 9.17) is 9.47 Å². The van der Waals surface area contributed by atoms with Crippen LogP contribution in [0.15, 0.2) is 36.4 Å². The Kier molecular flexibility index (Phi) is 4.82. The zero-order valence-electron chi connectivity index (χ0n) is 16.6. The molecule has 2 aliphatic heterocycles. The van der Waals surface area contributed by atoms with Gasteiger partial charge in [0.25, 0.3) is 11.7 Å². The second-order valence-electron chi connectivity index (χ2n) is 8.48. The molecule has 0 aromatic heterocycles. The molecule has 1 spiro atoms. The zero-order valence-corrected chi connectivity index (χ0v) is 16.6. The summed E-state index contributed by atoms with van der Waals surface area (Å²) in [7, 11) is 0. The minimum atomic E-state index is -4.59. The van der Waals surface area contributed by atoms with E-state index in [1.54, 1.807) is 18.2 Å². The predicted molar refractivity (Wildman–Crippen MR) is 104 cm³/mol. The molecule has 2 heterocycles. The molecule has 5 rings (SSSR count). The fraction of sp³-hybridized carbons (Fsp3) is 0.435. The van der Waals surface area contributed by atoms with Gasteiger partial charge >= 0.3 is 6.18 Å². The molecule has 164 valence electrons. The first-order valence-corrected chi connectivity index (χ1v) is 10.4. The van der Waals surface area contributed by atoms with Crippen molar-refractivity contribution in [1.82, 2.24) is 0 Å². The third-order valence-corrected chi connectivity index (χ3v) is 6.12. The number of rotatable bonds is 4. The van der Waals surface area contributed by atoms with Crippen molar-refractivity contribution in [2.24, 2.45) is 5.92 Å². The highest BCUT2D eigenvalue weighted by Crippen LogP contribution is 2.46. The maximum absolute atomic E-state index is 13.7. The molecule has 2 aromatic rings. The van der Waals surface area contributed by atoms with Crippen molar-refractivity contribution in [2.75, 3.05) is 11.9 Å². The van der Waals surface area contributed by atoms with Crippen LogP contribution in [0.25, 0.3) is 0 Å². The number of benzene rings is 2.